The van der Waals surface area contributed by atoms with E-state index in [0.29, 0.717) is 28.8 Å². The number of amides is 1. The molecule has 1 aromatic rings. The fourth-order valence-corrected chi connectivity index (χ4v) is 3.90. The van der Waals surface area contributed by atoms with E-state index in [4.69, 9.17) is 0 Å². The molecule has 1 fully saturated rings. The molecule has 2 rings (SSSR count). The van der Waals surface area contributed by atoms with Crippen LogP contribution in [0.2, 0.25) is 0 Å². The van der Waals surface area contributed by atoms with Crippen molar-refractivity contribution in [1.82, 2.24) is 5.32 Å². The molecule has 1 saturated heterocycles. The van der Waals surface area contributed by atoms with Crippen LogP contribution in [0, 0.1) is 6.92 Å². The molecule has 136 valence electrons. The van der Waals surface area contributed by atoms with Crippen molar-refractivity contribution in [3.05, 3.63) is 23.8 Å². The fraction of sp³-hybridized carbons (Fsp3) is 0.533. The summed E-state index contributed by atoms with van der Waals surface area (Å²) in [7, 11) is 0. The third-order valence-corrected chi connectivity index (χ3v) is 5.50. The number of rotatable bonds is 5. The van der Waals surface area contributed by atoms with Crippen LogP contribution in [0.1, 0.15) is 12.0 Å². The summed E-state index contributed by atoms with van der Waals surface area (Å²) in [5, 5.41) is 6.03. The molecule has 24 heavy (non-hydrogen) atoms. The van der Waals surface area contributed by atoms with E-state index in [0.717, 1.165) is 23.6 Å². The molecule has 1 unspecified atom stereocenters. The van der Waals surface area contributed by atoms with E-state index in [-0.39, 0.29) is 24.4 Å². The first-order valence-electron chi connectivity index (χ1n) is 7.25. The molecular weight excluding hydrogens is 381 g/mol. The van der Waals surface area contributed by atoms with Crippen LogP contribution in [0.25, 0.3) is 0 Å². The summed E-state index contributed by atoms with van der Waals surface area (Å²) in [5.41, 5.74) is 1.34. The molecule has 0 spiro atoms. The van der Waals surface area contributed by atoms with Crippen LogP contribution < -0.4 is 10.6 Å². The zero-order valence-corrected chi connectivity index (χ0v) is 15.6. The minimum Gasteiger partial charge on any atom is -0.325 e. The van der Waals surface area contributed by atoms with Crippen LogP contribution in [0.5, 0.6) is 0 Å². The number of hydrogen-bond donors (Lipinski definition) is 2. The highest BCUT2D eigenvalue weighted by molar-refractivity contribution is 7.99. The topological polar surface area (TPSA) is 41.1 Å². The van der Waals surface area contributed by atoms with Crippen LogP contribution in [-0.4, -0.2) is 41.9 Å². The Labute approximate surface area is 154 Å². The number of anilines is 1. The first-order chi connectivity index (χ1) is 10.8. The van der Waals surface area contributed by atoms with Crippen molar-refractivity contribution in [2.24, 2.45) is 0 Å². The van der Waals surface area contributed by atoms with E-state index in [1.54, 1.807) is 30.0 Å². The molecule has 1 aromatic carbocycles. The van der Waals surface area contributed by atoms with Gasteiger partial charge < -0.3 is 10.6 Å². The summed E-state index contributed by atoms with van der Waals surface area (Å²) in [6.07, 6.45) is -3.91. The third kappa shape index (κ3) is 7.55. The maximum atomic E-state index is 12.4. The minimum absolute atomic E-state index is 0. The first-order valence-corrected chi connectivity index (χ1v) is 9.39. The van der Waals surface area contributed by atoms with Gasteiger partial charge in [-0.25, -0.2) is 0 Å². The summed E-state index contributed by atoms with van der Waals surface area (Å²) in [5.74, 6) is 0.759. The van der Waals surface area contributed by atoms with Crippen LogP contribution >= 0.6 is 35.9 Å². The van der Waals surface area contributed by atoms with Gasteiger partial charge in [-0.05, 0) is 24.6 Å². The molecule has 0 aromatic heterocycles. The van der Waals surface area contributed by atoms with E-state index in [2.05, 4.69) is 10.6 Å². The van der Waals surface area contributed by atoms with Gasteiger partial charge in [-0.15, -0.1) is 24.2 Å². The number of carbonyl (C=O) groups excluding carboxylic acids is 1. The Kier molecular flexibility index (Phi) is 8.76. The van der Waals surface area contributed by atoms with Crippen molar-refractivity contribution in [2.75, 3.05) is 29.1 Å². The Morgan fingerprint density at radius 3 is 2.83 bits per heavy atom. The number of hydrogen-bond acceptors (Lipinski definition) is 4. The van der Waals surface area contributed by atoms with E-state index >= 15 is 0 Å². The van der Waals surface area contributed by atoms with Crippen molar-refractivity contribution in [2.45, 2.75) is 30.5 Å². The van der Waals surface area contributed by atoms with Crippen molar-refractivity contribution >= 4 is 47.5 Å². The third-order valence-electron chi connectivity index (χ3n) is 3.23. The number of aryl methyl sites for hydroxylation is 1. The smallest absolute Gasteiger partial charge is 0.325 e. The van der Waals surface area contributed by atoms with Gasteiger partial charge >= 0.3 is 6.18 Å². The zero-order chi connectivity index (χ0) is 16.9. The highest BCUT2D eigenvalue weighted by atomic mass is 35.5. The molecule has 1 aliphatic heterocycles. The fourth-order valence-electron chi connectivity index (χ4n) is 2.20. The summed E-state index contributed by atoms with van der Waals surface area (Å²) in [6, 6.07) is 5.19. The quantitative estimate of drug-likeness (QED) is 0.730. The number of nitrogens with one attached hydrogen (secondary N) is 2. The molecular formula is C15H20ClF3N2OS2. The van der Waals surface area contributed by atoms with Gasteiger partial charge in [0.2, 0.25) is 5.91 Å². The Morgan fingerprint density at radius 1 is 1.46 bits per heavy atom. The minimum atomic E-state index is -4.24. The lowest BCUT2D eigenvalue weighted by Crippen LogP contribution is -2.39. The number of benzene rings is 1. The largest absolute Gasteiger partial charge is 0.398 e. The monoisotopic (exact) mass is 400 g/mol. The number of carbonyl (C=O) groups is 1. The predicted octanol–water partition coefficient (Wildman–Crippen LogP) is 4.10. The van der Waals surface area contributed by atoms with E-state index in [9.17, 15) is 18.0 Å². The number of alkyl halides is 3. The average Bonchev–Trinajstić information content (AvgIpc) is 2.46. The van der Waals surface area contributed by atoms with Crippen LogP contribution in [0.4, 0.5) is 18.9 Å². The normalized spacial score (nSPS) is 17.9. The van der Waals surface area contributed by atoms with Crippen LogP contribution in [0.3, 0.4) is 0 Å². The maximum absolute atomic E-state index is 12.4. The second-order valence-electron chi connectivity index (χ2n) is 5.38. The lowest BCUT2D eigenvalue weighted by Gasteiger charge is -2.22. The zero-order valence-electron chi connectivity index (χ0n) is 13.1. The van der Waals surface area contributed by atoms with Gasteiger partial charge in [-0.3, -0.25) is 4.79 Å². The lowest BCUT2D eigenvalue weighted by molar-refractivity contribution is -0.116. The SMILES string of the molecule is Cc1ccc(SCC(F)(F)F)c(NC(=O)CC2CSCCN2)c1.Cl. The first kappa shape index (κ1) is 21.5. The molecule has 2 N–H and O–H groups in total. The summed E-state index contributed by atoms with van der Waals surface area (Å²) in [6.45, 7) is 2.72. The molecule has 0 radical (unpaired) electrons. The summed E-state index contributed by atoms with van der Waals surface area (Å²) >= 11 is 2.49. The van der Waals surface area contributed by atoms with Crippen LogP contribution in [0.15, 0.2) is 23.1 Å². The van der Waals surface area contributed by atoms with Crippen molar-refractivity contribution in [3.63, 3.8) is 0 Å². The highest BCUT2D eigenvalue weighted by Crippen LogP contribution is 2.33. The average molecular weight is 401 g/mol. The molecule has 1 aliphatic rings. The van der Waals surface area contributed by atoms with Gasteiger partial charge in [-0.2, -0.15) is 24.9 Å². The highest BCUT2D eigenvalue weighted by Gasteiger charge is 2.28. The van der Waals surface area contributed by atoms with Crippen molar-refractivity contribution < 1.29 is 18.0 Å². The van der Waals surface area contributed by atoms with Crippen LogP contribution in [-0.2, 0) is 4.79 Å². The lowest BCUT2D eigenvalue weighted by atomic mass is 10.2. The van der Waals surface area contributed by atoms with Gasteiger partial charge in [0.15, 0.2) is 0 Å². The standard InChI is InChI=1S/C15H19F3N2OS2.ClH/c1-10-2-3-13(23-9-15(16,17)18)12(6-10)20-14(21)7-11-8-22-5-4-19-11;/h2-3,6,11,19H,4-5,7-9H2,1H3,(H,20,21);1H. The molecule has 1 heterocycles. The Hall–Kier alpha value is -0.570. The second kappa shape index (κ2) is 9.79. The Morgan fingerprint density at radius 2 is 2.21 bits per heavy atom. The number of thioether (sulfide) groups is 2. The van der Waals surface area contributed by atoms with Gasteiger partial charge in [0.05, 0.1) is 11.4 Å². The molecule has 1 amide bonds. The predicted molar refractivity (Wildman–Crippen MR) is 97.6 cm³/mol. The Balaban J connectivity index is 0.00000288. The van der Waals surface area contributed by atoms with E-state index in [1.165, 1.54) is 0 Å². The van der Waals surface area contributed by atoms with E-state index < -0.39 is 11.9 Å². The molecule has 3 nitrogen and oxygen atoms in total. The second-order valence-corrected chi connectivity index (χ2v) is 7.55. The molecule has 0 aliphatic carbocycles. The summed E-state index contributed by atoms with van der Waals surface area (Å²) < 4.78 is 37.2. The van der Waals surface area contributed by atoms with Gasteiger partial charge in [0, 0.05) is 35.4 Å². The van der Waals surface area contributed by atoms with Crippen molar-refractivity contribution in [3.8, 4) is 0 Å². The maximum Gasteiger partial charge on any atom is 0.398 e. The molecule has 1 atom stereocenters. The molecule has 0 bridgehead atoms. The van der Waals surface area contributed by atoms with E-state index in [1.807, 2.05) is 6.92 Å². The van der Waals surface area contributed by atoms with Gasteiger partial charge in [0.1, 0.15) is 0 Å². The molecule has 9 heteroatoms. The van der Waals surface area contributed by atoms with Gasteiger partial charge in [-0.1, -0.05) is 6.07 Å². The summed E-state index contributed by atoms with van der Waals surface area (Å²) in [4.78, 5) is 12.6. The van der Waals surface area contributed by atoms with Crippen molar-refractivity contribution in [1.29, 1.82) is 0 Å². The van der Waals surface area contributed by atoms with Gasteiger partial charge in [0.25, 0.3) is 0 Å². The molecule has 0 saturated carbocycles. The Bertz CT molecular complexity index is 552. The number of halogens is 4.